The van der Waals surface area contributed by atoms with Crippen molar-refractivity contribution in [2.24, 2.45) is 0 Å². The number of carboxylic acids is 1. The molecular formula is C10H12N2O3S2. The van der Waals surface area contributed by atoms with E-state index >= 15 is 0 Å². The smallest absolute Gasteiger partial charge is 0.300 e. The Hall–Kier alpha value is -1.31. The van der Waals surface area contributed by atoms with E-state index in [0.29, 0.717) is 0 Å². The summed E-state index contributed by atoms with van der Waals surface area (Å²) in [7, 11) is 1.56. The number of thiazole rings is 1. The van der Waals surface area contributed by atoms with Gasteiger partial charge in [0.05, 0.1) is 17.3 Å². The molecule has 92 valence electrons. The van der Waals surface area contributed by atoms with Crippen molar-refractivity contribution in [1.82, 2.24) is 4.98 Å². The number of carboxylic acid groups (broad SMARTS) is 1. The summed E-state index contributed by atoms with van der Waals surface area (Å²) in [5.74, 6) is -0.833. The number of fused-ring (bicyclic) bond motifs is 1. The standard InChI is InChI=1S/C8H8N2OS2.C2H4O2/c1-11-10-8-9-7-5(12)3-2-4-6(7)13-8;1-2(3)4/h2-4,12H,1H3,(H,9,10);1H3,(H,3,4). The number of carbonyl (C=O) groups is 1. The number of anilines is 1. The molecule has 0 bridgehead atoms. The van der Waals surface area contributed by atoms with Gasteiger partial charge in [0, 0.05) is 11.8 Å². The summed E-state index contributed by atoms with van der Waals surface area (Å²) in [5, 5.41) is 8.17. The first-order chi connectivity index (χ1) is 8.04. The number of aromatic nitrogens is 1. The fourth-order valence-electron chi connectivity index (χ4n) is 1.06. The van der Waals surface area contributed by atoms with E-state index < -0.39 is 5.97 Å². The molecule has 0 unspecified atom stereocenters. The number of hydrogen-bond donors (Lipinski definition) is 3. The lowest BCUT2D eigenvalue weighted by molar-refractivity contribution is -0.134. The number of rotatable bonds is 2. The SMILES string of the molecule is CC(=O)O.CONc1nc2c(S)cccc2s1. The zero-order valence-corrected chi connectivity index (χ0v) is 11.0. The van der Waals surface area contributed by atoms with Gasteiger partial charge in [0.15, 0.2) is 0 Å². The molecule has 0 aliphatic carbocycles. The molecule has 17 heavy (non-hydrogen) atoms. The fourth-order valence-corrected chi connectivity index (χ4v) is 2.27. The van der Waals surface area contributed by atoms with Crippen LogP contribution in [0.4, 0.5) is 5.13 Å². The molecule has 0 saturated heterocycles. The lowest BCUT2D eigenvalue weighted by Gasteiger charge is -1.93. The molecule has 0 fully saturated rings. The molecule has 0 radical (unpaired) electrons. The first-order valence-electron chi connectivity index (χ1n) is 4.61. The van der Waals surface area contributed by atoms with E-state index in [9.17, 15) is 0 Å². The Morgan fingerprint density at radius 1 is 1.59 bits per heavy atom. The second-order valence-electron chi connectivity index (χ2n) is 2.97. The Bertz CT molecular complexity index is 509. The third-order valence-electron chi connectivity index (χ3n) is 1.59. The topological polar surface area (TPSA) is 71.5 Å². The molecule has 2 aromatic rings. The molecule has 0 saturated carbocycles. The molecule has 5 nitrogen and oxygen atoms in total. The predicted octanol–water partition coefficient (Wildman–Crippen LogP) is 2.65. The number of para-hydroxylation sites is 1. The van der Waals surface area contributed by atoms with Crippen molar-refractivity contribution in [2.45, 2.75) is 11.8 Å². The highest BCUT2D eigenvalue weighted by Gasteiger charge is 2.04. The highest BCUT2D eigenvalue weighted by molar-refractivity contribution is 7.80. The van der Waals surface area contributed by atoms with Crippen LogP contribution in [0.2, 0.25) is 0 Å². The van der Waals surface area contributed by atoms with Crippen LogP contribution in [0.5, 0.6) is 0 Å². The summed E-state index contributed by atoms with van der Waals surface area (Å²) in [5.41, 5.74) is 3.61. The van der Waals surface area contributed by atoms with Gasteiger partial charge in [-0.2, -0.15) is 0 Å². The molecule has 0 aliphatic rings. The van der Waals surface area contributed by atoms with Gasteiger partial charge in [0.1, 0.15) is 0 Å². The molecular weight excluding hydrogens is 260 g/mol. The Kier molecular flexibility index (Phi) is 5.20. The van der Waals surface area contributed by atoms with Gasteiger partial charge in [-0.1, -0.05) is 17.4 Å². The van der Waals surface area contributed by atoms with Crippen molar-refractivity contribution in [1.29, 1.82) is 0 Å². The molecule has 1 aromatic heterocycles. The zero-order chi connectivity index (χ0) is 12.8. The van der Waals surface area contributed by atoms with Crippen LogP contribution in [0.3, 0.4) is 0 Å². The van der Waals surface area contributed by atoms with Crippen molar-refractivity contribution in [2.75, 3.05) is 12.6 Å². The first kappa shape index (κ1) is 13.8. The van der Waals surface area contributed by atoms with Crippen LogP contribution in [0, 0.1) is 0 Å². The Morgan fingerprint density at radius 3 is 2.76 bits per heavy atom. The second-order valence-corrected chi connectivity index (χ2v) is 4.48. The Morgan fingerprint density at radius 2 is 2.24 bits per heavy atom. The van der Waals surface area contributed by atoms with Gasteiger partial charge >= 0.3 is 0 Å². The van der Waals surface area contributed by atoms with E-state index in [0.717, 1.165) is 27.2 Å². The lowest BCUT2D eigenvalue weighted by Crippen LogP contribution is -1.93. The monoisotopic (exact) mass is 272 g/mol. The minimum absolute atomic E-state index is 0.749. The Balaban J connectivity index is 0.000000317. The maximum atomic E-state index is 9.00. The van der Waals surface area contributed by atoms with E-state index in [2.05, 4.69) is 23.1 Å². The van der Waals surface area contributed by atoms with Crippen molar-refractivity contribution in [3.05, 3.63) is 18.2 Å². The van der Waals surface area contributed by atoms with Gasteiger partial charge in [-0.25, -0.2) is 10.5 Å². The summed E-state index contributed by atoms with van der Waals surface area (Å²) in [6, 6.07) is 5.88. The van der Waals surface area contributed by atoms with Crippen molar-refractivity contribution in [3.63, 3.8) is 0 Å². The van der Waals surface area contributed by atoms with Gasteiger partial charge < -0.3 is 5.11 Å². The van der Waals surface area contributed by atoms with E-state index in [1.54, 1.807) is 7.11 Å². The van der Waals surface area contributed by atoms with E-state index in [-0.39, 0.29) is 0 Å². The number of nitrogens with one attached hydrogen (secondary N) is 1. The summed E-state index contributed by atoms with van der Waals surface area (Å²) in [6.07, 6.45) is 0. The largest absolute Gasteiger partial charge is 0.481 e. The van der Waals surface area contributed by atoms with Gasteiger partial charge in [-0.15, -0.1) is 12.6 Å². The van der Waals surface area contributed by atoms with Gasteiger partial charge in [0.2, 0.25) is 5.13 Å². The first-order valence-corrected chi connectivity index (χ1v) is 5.88. The van der Waals surface area contributed by atoms with Crippen LogP contribution in [-0.4, -0.2) is 23.2 Å². The summed E-state index contributed by atoms with van der Waals surface area (Å²) in [6.45, 7) is 1.08. The fraction of sp³-hybridized carbons (Fsp3) is 0.200. The second kappa shape index (κ2) is 6.43. The number of hydrogen-bond acceptors (Lipinski definition) is 6. The summed E-state index contributed by atoms with van der Waals surface area (Å²) < 4.78 is 1.10. The van der Waals surface area contributed by atoms with Crippen LogP contribution in [0.15, 0.2) is 23.1 Å². The van der Waals surface area contributed by atoms with Crippen LogP contribution < -0.4 is 5.48 Å². The molecule has 0 aliphatic heterocycles. The minimum atomic E-state index is -0.833. The van der Waals surface area contributed by atoms with Crippen molar-refractivity contribution in [3.8, 4) is 0 Å². The van der Waals surface area contributed by atoms with Crippen LogP contribution >= 0.6 is 24.0 Å². The molecule has 2 rings (SSSR count). The van der Waals surface area contributed by atoms with Crippen LogP contribution in [-0.2, 0) is 9.63 Å². The van der Waals surface area contributed by atoms with E-state index in [1.165, 1.54) is 11.3 Å². The van der Waals surface area contributed by atoms with Crippen molar-refractivity contribution < 1.29 is 14.7 Å². The maximum absolute atomic E-state index is 9.00. The highest BCUT2D eigenvalue weighted by atomic mass is 32.1. The Labute approximate surface area is 108 Å². The summed E-state index contributed by atoms with van der Waals surface area (Å²) >= 11 is 5.85. The maximum Gasteiger partial charge on any atom is 0.300 e. The van der Waals surface area contributed by atoms with Crippen molar-refractivity contribution >= 4 is 45.3 Å². The van der Waals surface area contributed by atoms with Gasteiger partial charge in [-0.3, -0.25) is 9.63 Å². The number of nitrogens with zero attached hydrogens (tertiary/aromatic N) is 1. The average molecular weight is 272 g/mol. The summed E-state index contributed by atoms with van der Waals surface area (Å²) in [4.78, 5) is 19.0. The van der Waals surface area contributed by atoms with Crippen LogP contribution in [0.25, 0.3) is 10.2 Å². The molecule has 0 amide bonds. The highest BCUT2D eigenvalue weighted by Crippen LogP contribution is 2.29. The van der Waals surface area contributed by atoms with E-state index in [1.807, 2.05) is 18.2 Å². The van der Waals surface area contributed by atoms with Gasteiger partial charge in [0.25, 0.3) is 5.97 Å². The number of thiol groups is 1. The average Bonchev–Trinajstić information content (AvgIpc) is 2.61. The molecule has 0 spiro atoms. The zero-order valence-electron chi connectivity index (χ0n) is 9.30. The number of benzene rings is 1. The van der Waals surface area contributed by atoms with Crippen LogP contribution in [0.1, 0.15) is 6.92 Å². The molecule has 1 heterocycles. The normalized spacial score (nSPS) is 9.59. The number of aliphatic carboxylic acids is 1. The predicted molar refractivity (Wildman–Crippen MR) is 70.8 cm³/mol. The lowest BCUT2D eigenvalue weighted by atomic mass is 10.3. The molecule has 2 N–H and O–H groups in total. The minimum Gasteiger partial charge on any atom is -0.481 e. The molecule has 1 aromatic carbocycles. The van der Waals surface area contributed by atoms with Gasteiger partial charge in [-0.05, 0) is 12.1 Å². The molecule has 0 atom stereocenters. The third kappa shape index (κ3) is 4.22. The third-order valence-corrected chi connectivity index (χ3v) is 2.87. The molecule has 7 heteroatoms. The van der Waals surface area contributed by atoms with E-state index in [4.69, 9.17) is 14.7 Å². The quantitative estimate of drug-likeness (QED) is 0.579.